The third-order valence-corrected chi connectivity index (χ3v) is 10.9. The average Bonchev–Trinajstić information content (AvgIpc) is 3.26. The van der Waals surface area contributed by atoms with E-state index in [0.717, 1.165) is 64.2 Å². The summed E-state index contributed by atoms with van der Waals surface area (Å²) in [5.41, 5.74) is 0. The van der Waals surface area contributed by atoms with Crippen LogP contribution in [0, 0.1) is 0 Å². The number of carbonyl (C=O) groups is 2. The Balaban J connectivity index is 2.52. The molecule has 1 aliphatic rings. The molecule has 0 radical (unpaired) electrons. The number of hydrogen-bond donors (Lipinski definition) is 6. The van der Waals surface area contributed by atoms with Crippen LogP contribution < -0.4 is 0 Å². The average molecular weight is 907 g/mol. The molecule has 13 nitrogen and oxygen atoms in total. The Kier molecular flexibility index (Phi) is 34.9. The number of esters is 2. The Morgan fingerprint density at radius 1 is 0.508 bits per heavy atom. The van der Waals surface area contributed by atoms with E-state index in [0.29, 0.717) is 12.8 Å². The molecule has 7 unspecified atom stereocenters. The van der Waals surface area contributed by atoms with Gasteiger partial charge >= 0.3 is 19.8 Å². The number of aliphatic hydroxyl groups excluding tert-OH is 5. The second-order valence-electron chi connectivity index (χ2n) is 15.5. The summed E-state index contributed by atoms with van der Waals surface area (Å²) in [6.45, 7) is 3.07. The van der Waals surface area contributed by atoms with E-state index in [1.165, 1.54) is 38.5 Å². The molecular formula is C49H79O13P. The van der Waals surface area contributed by atoms with Crippen LogP contribution in [0.2, 0.25) is 0 Å². The number of ether oxygens (including phenoxy) is 2. The summed E-state index contributed by atoms with van der Waals surface area (Å²) in [6, 6.07) is 0. The summed E-state index contributed by atoms with van der Waals surface area (Å²) in [7, 11) is -5.15. The van der Waals surface area contributed by atoms with E-state index in [4.69, 9.17) is 18.5 Å². The van der Waals surface area contributed by atoms with Crippen LogP contribution in [0.25, 0.3) is 0 Å². The van der Waals surface area contributed by atoms with Crippen molar-refractivity contribution in [1.29, 1.82) is 0 Å². The largest absolute Gasteiger partial charge is 0.472 e. The normalized spacial score (nSPS) is 22.6. The molecule has 0 aliphatic heterocycles. The van der Waals surface area contributed by atoms with Crippen molar-refractivity contribution in [1.82, 2.24) is 0 Å². The zero-order valence-electron chi connectivity index (χ0n) is 37.8. The fourth-order valence-corrected chi connectivity index (χ4v) is 7.20. The molecule has 1 aliphatic carbocycles. The van der Waals surface area contributed by atoms with Gasteiger partial charge in [-0.15, -0.1) is 0 Å². The van der Waals surface area contributed by atoms with E-state index in [1.54, 1.807) is 0 Å². The van der Waals surface area contributed by atoms with Gasteiger partial charge in [0, 0.05) is 12.8 Å². The Bertz CT molecular complexity index is 1470. The molecule has 0 spiro atoms. The molecule has 0 amide bonds. The smallest absolute Gasteiger partial charge is 0.462 e. The number of allylic oxidation sites excluding steroid dienone is 16. The Hall–Kier alpha value is -3.23. The van der Waals surface area contributed by atoms with Crippen LogP contribution in [0.5, 0.6) is 0 Å². The summed E-state index contributed by atoms with van der Waals surface area (Å²) in [4.78, 5) is 35.6. The van der Waals surface area contributed by atoms with Crippen molar-refractivity contribution in [2.24, 2.45) is 0 Å². The van der Waals surface area contributed by atoms with E-state index in [1.807, 2.05) is 12.2 Å². The van der Waals surface area contributed by atoms with E-state index < -0.39 is 75.7 Å². The van der Waals surface area contributed by atoms with Crippen LogP contribution >= 0.6 is 7.82 Å². The fraction of sp³-hybridized carbons (Fsp3) is 0.633. The van der Waals surface area contributed by atoms with Crippen molar-refractivity contribution in [2.45, 2.75) is 185 Å². The highest BCUT2D eigenvalue weighted by molar-refractivity contribution is 7.47. The van der Waals surface area contributed by atoms with Gasteiger partial charge in [0.25, 0.3) is 0 Å². The molecule has 0 saturated heterocycles. The van der Waals surface area contributed by atoms with Crippen molar-refractivity contribution < 1.29 is 63.1 Å². The predicted molar refractivity (Wildman–Crippen MR) is 248 cm³/mol. The van der Waals surface area contributed by atoms with Crippen molar-refractivity contribution in [3.8, 4) is 0 Å². The number of hydrogen-bond acceptors (Lipinski definition) is 12. The van der Waals surface area contributed by atoms with Gasteiger partial charge in [0.05, 0.1) is 6.61 Å². The quantitative estimate of drug-likeness (QED) is 0.0150. The van der Waals surface area contributed by atoms with Crippen molar-refractivity contribution in [2.75, 3.05) is 13.2 Å². The molecule has 1 rings (SSSR count). The topological polar surface area (TPSA) is 210 Å². The van der Waals surface area contributed by atoms with Gasteiger partial charge in [-0.2, -0.15) is 0 Å². The van der Waals surface area contributed by atoms with Crippen LogP contribution in [0.1, 0.15) is 142 Å². The second-order valence-corrected chi connectivity index (χ2v) is 16.9. The molecule has 0 bridgehead atoms. The van der Waals surface area contributed by atoms with Crippen LogP contribution in [0.4, 0.5) is 0 Å². The molecule has 8 atom stereocenters. The molecular weight excluding hydrogens is 827 g/mol. The Morgan fingerprint density at radius 3 is 1.44 bits per heavy atom. The highest BCUT2D eigenvalue weighted by Crippen LogP contribution is 2.47. The molecule has 14 heteroatoms. The third kappa shape index (κ3) is 30.5. The van der Waals surface area contributed by atoms with Gasteiger partial charge in [0.1, 0.15) is 43.2 Å². The van der Waals surface area contributed by atoms with Gasteiger partial charge in [0.15, 0.2) is 6.10 Å². The molecule has 0 aromatic heterocycles. The van der Waals surface area contributed by atoms with Crippen LogP contribution in [0.15, 0.2) is 97.2 Å². The zero-order chi connectivity index (χ0) is 46.4. The number of carbonyl (C=O) groups excluding carboxylic acids is 2. The molecule has 358 valence electrons. The minimum Gasteiger partial charge on any atom is -0.462 e. The summed E-state index contributed by atoms with van der Waals surface area (Å²) < 4.78 is 33.4. The zero-order valence-corrected chi connectivity index (χ0v) is 38.7. The van der Waals surface area contributed by atoms with Gasteiger partial charge in [-0.3, -0.25) is 18.6 Å². The maximum absolute atomic E-state index is 12.8. The summed E-state index contributed by atoms with van der Waals surface area (Å²) >= 11 is 0. The van der Waals surface area contributed by atoms with E-state index >= 15 is 0 Å². The molecule has 63 heavy (non-hydrogen) atoms. The third-order valence-electron chi connectivity index (χ3n) is 9.92. The van der Waals surface area contributed by atoms with Gasteiger partial charge < -0.3 is 39.9 Å². The maximum atomic E-state index is 12.8. The highest BCUT2D eigenvalue weighted by atomic mass is 31.2. The first kappa shape index (κ1) is 57.8. The minimum absolute atomic E-state index is 0.0249. The first-order chi connectivity index (χ1) is 30.4. The van der Waals surface area contributed by atoms with Crippen LogP contribution in [-0.4, -0.2) is 98.3 Å². The van der Waals surface area contributed by atoms with Crippen molar-refractivity contribution in [3.63, 3.8) is 0 Å². The summed E-state index contributed by atoms with van der Waals surface area (Å²) in [6.07, 6.45) is 37.7. The van der Waals surface area contributed by atoms with Crippen molar-refractivity contribution >= 4 is 19.8 Å². The van der Waals surface area contributed by atoms with Gasteiger partial charge in [-0.05, 0) is 83.5 Å². The Labute approximate surface area is 377 Å². The van der Waals surface area contributed by atoms with E-state index in [9.17, 15) is 44.6 Å². The maximum Gasteiger partial charge on any atom is 0.472 e. The minimum atomic E-state index is -5.15. The van der Waals surface area contributed by atoms with Gasteiger partial charge in [-0.1, -0.05) is 143 Å². The monoisotopic (exact) mass is 907 g/mol. The summed E-state index contributed by atoms with van der Waals surface area (Å²) in [5.74, 6) is -1.24. The molecule has 6 N–H and O–H groups in total. The first-order valence-corrected chi connectivity index (χ1v) is 24.5. The van der Waals surface area contributed by atoms with Crippen LogP contribution in [0.3, 0.4) is 0 Å². The predicted octanol–water partition coefficient (Wildman–Crippen LogP) is 9.05. The molecule has 0 aromatic rings. The lowest BCUT2D eigenvalue weighted by Crippen LogP contribution is -2.64. The van der Waals surface area contributed by atoms with E-state index in [-0.39, 0.29) is 12.8 Å². The number of unbranched alkanes of at least 4 members (excludes halogenated alkanes) is 8. The lowest BCUT2D eigenvalue weighted by Gasteiger charge is -2.41. The molecule has 1 saturated carbocycles. The number of rotatable bonds is 36. The molecule has 0 heterocycles. The molecule has 1 fully saturated rings. The second kappa shape index (κ2) is 38.1. The fourth-order valence-electron chi connectivity index (χ4n) is 6.22. The number of phosphoric acid groups is 1. The Morgan fingerprint density at radius 2 is 0.937 bits per heavy atom. The lowest BCUT2D eigenvalue weighted by atomic mass is 9.85. The van der Waals surface area contributed by atoms with Gasteiger partial charge in [-0.25, -0.2) is 4.57 Å². The van der Waals surface area contributed by atoms with E-state index in [2.05, 4.69) is 98.9 Å². The lowest BCUT2D eigenvalue weighted by molar-refractivity contribution is -0.220. The summed E-state index contributed by atoms with van der Waals surface area (Å²) in [5, 5.41) is 50.1. The SMILES string of the molecule is CC/C=C/C/C=C/C/C=C/C/C=C/C/C=C/C/C=C/CCCCC(=O)OCC(COP(=O)(O)OC1C(O)C(O)C(O)[C@H](O)C1O)OC(=O)CC/C=C/C/C=C/CCCCCCCC. The standard InChI is InChI=1S/C49H79O13P/c1-3-5-7-9-11-13-15-17-18-19-20-21-22-23-24-26-27-29-31-33-35-37-42(50)59-39-41(40-60-63(57,58)62-49-47(55)45(53)44(52)46(54)48(49)56)61-43(51)38-36-34-32-30-28-25-16-14-12-10-8-6-4-2/h5,7,11,13,17-18,20-21,23-25,27-29,32,34,41,44-49,52-56H,3-4,6,8-10,12,14-16,19,22,26,30-31,33,35-40H2,1-2H3,(H,57,58)/b7-5+,13-11+,18-17+,21-20+,24-23+,28-25+,29-27+,34-32+/t41?,44?,45-,46?,47?,48?,49?/m0/s1. The van der Waals surface area contributed by atoms with Crippen LogP contribution in [-0.2, 0) is 32.7 Å². The van der Waals surface area contributed by atoms with Gasteiger partial charge in [0.2, 0.25) is 0 Å². The van der Waals surface area contributed by atoms with Crippen molar-refractivity contribution in [3.05, 3.63) is 97.2 Å². The highest BCUT2D eigenvalue weighted by Gasteiger charge is 2.51. The molecule has 0 aromatic carbocycles. The number of phosphoric ester groups is 1. The first-order valence-electron chi connectivity index (χ1n) is 23.0. The number of aliphatic hydroxyl groups is 5.